The number of rotatable bonds is 5. The van der Waals surface area contributed by atoms with Crippen molar-refractivity contribution in [2.75, 3.05) is 17.7 Å². The van der Waals surface area contributed by atoms with Crippen LogP contribution in [-0.4, -0.2) is 24.0 Å². The normalized spacial score (nSPS) is 10.2. The second-order valence-corrected chi connectivity index (χ2v) is 6.42. The Morgan fingerprint density at radius 3 is 2.54 bits per heavy atom. The summed E-state index contributed by atoms with van der Waals surface area (Å²) in [6, 6.07) is 15.6. The van der Waals surface area contributed by atoms with E-state index in [-0.39, 0.29) is 5.91 Å². The predicted molar refractivity (Wildman–Crippen MR) is 109 cm³/mol. The zero-order valence-corrected chi connectivity index (χ0v) is 16.1. The summed E-state index contributed by atoms with van der Waals surface area (Å²) in [6.07, 6.45) is 1.45. The molecule has 1 aromatic heterocycles. The second kappa shape index (κ2) is 8.54. The molecule has 0 fully saturated rings. The Kier molecular flexibility index (Phi) is 5.91. The third-order valence-corrected chi connectivity index (χ3v) is 4.46. The molecular formula is C21H18ClN3O3. The number of methoxy groups -OCH3 is 1. The number of para-hydroxylation sites is 1. The van der Waals surface area contributed by atoms with Gasteiger partial charge in [-0.05, 0) is 48.9 Å². The molecule has 0 bridgehead atoms. The van der Waals surface area contributed by atoms with Gasteiger partial charge < -0.3 is 15.4 Å². The summed E-state index contributed by atoms with van der Waals surface area (Å²) in [5.41, 5.74) is 2.89. The lowest BCUT2D eigenvalue weighted by atomic mass is 10.1. The summed E-state index contributed by atoms with van der Waals surface area (Å²) in [4.78, 5) is 28.5. The fourth-order valence-electron chi connectivity index (χ4n) is 2.49. The lowest BCUT2D eigenvalue weighted by Gasteiger charge is -2.11. The van der Waals surface area contributed by atoms with E-state index in [2.05, 4.69) is 15.6 Å². The van der Waals surface area contributed by atoms with Gasteiger partial charge in [-0.3, -0.25) is 4.79 Å². The molecule has 1 amide bonds. The highest BCUT2D eigenvalue weighted by Crippen LogP contribution is 2.22. The molecular weight excluding hydrogens is 378 g/mol. The maximum absolute atomic E-state index is 12.4. The first-order valence-electron chi connectivity index (χ1n) is 8.46. The molecule has 7 heteroatoms. The molecule has 0 aliphatic rings. The van der Waals surface area contributed by atoms with Crippen LogP contribution in [0, 0.1) is 6.92 Å². The molecule has 0 aliphatic heterocycles. The minimum absolute atomic E-state index is 0.297. The van der Waals surface area contributed by atoms with Crippen LogP contribution in [0.5, 0.6) is 0 Å². The highest BCUT2D eigenvalue weighted by Gasteiger charge is 2.12. The number of nitrogens with zero attached hydrogens (tertiary/aromatic N) is 1. The van der Waals surface area contributed by atoms with Crippen LogP contribution in [0.2, 0.25) is 5.02 Å². The van der Waals surface area contributed by atoms with Gasteiger partial charge in [-0.2, -0.15) is 0 Å². The number of aryl methyl sites for hydroxylation is 1. The molecule has 2 N–H and O–H groups in total. The number of ether oxygens (including phenoxy) is 1. The monoisotopic (exact) mass is 395 g/mol. The predicted octanol–water partition coefficient (Wildman–Crippen LogP) is 4.83. The average Bonchev–Trinajstić information content (AvgIpc) is 2.71. The van der Waals surface area contributed by atoms with Crippen molar-refractivity contribution in [1.29, 1.82) is 0 Å². The first kappa shape index (κ1) is 19.4. The standard InChI is InChI=1S/C21H18ClN3O3/c1-13-7-9-15(11-17(13)22)24-20(26)14-8-10-19(23-12-14)25-18-6-4-3-5-16(18)21(27)28-2/h3-12H,1-2H3,(H,23,25)(H,24,26). The van der Waals surface area contributed by atoms with Crippen molar-refractivity contribution >= 4 is 40.7 Å². The molecule has 6 nitrogen and oxygen atoms in total. The van der Waals surface area contributed by atoms with Crippen LogP contribution in [0.1, 0.15) is 26.3 Å². The SMILES string of the molecule is COC(=O)c1ccccc1Nc1ccc(C(=O)Nc2ccc(C)c(Cl)c2)cn1. The number of aromatic nitrogens is 1. The van der Waals surface area contributed by atoms with Crippen LogP contribution < -0.4 is 10.6 Å². The van der Waals surface area contributed by atoms with Crippen molar-refractivity contribution < 1.29 is 14.3 Å². The van der Waals surface area contributed by atoms with Gasteiger partial charge in [0.15, 0.2) is 0 Å². The van der Waals surface area contributed by atoms with E-state index in [0.29, 0.717) is 33.3 Å². The molecule has 1 heterocycles. The second-order valence-electron chi connectivity index (χ2n) is 6.01. The quantitative estimate of drug-likeness (QED) is 0.605. The van der Waals surface area contributed by atoms with E-state index in [4.69, 9.17) is 16.3 Å². The minimum Gasteiger partial charge on any atom is -0.465 e. The fraction of sp³-hybridized carbons (Fsp3) is 0.0952. The summed E-state index contributed by atoms with van der Waals surface area (Å²) in [5, 5.41) is 6.42. The smallest absolute Gasteiger partial charge is 0.339 e. The highest BCUT2D eigenvalue weighted by atomic mass is 35.5. The van der Waals surface area contributed by atoms with E-state index >= 15 is 0 Å². The molecule has 0 unspecified atom stereocenters. The van der Waals surface area contributed by atoms with E-state index in [9.17, 15) is 9.59 Å². The van der Waals surface area contributed by atoms with Gasteiger partial charge in [0, 0.05) is 16.9 Å². The third-order valence-electron chi connectivity index (χ3n) is 4.05. The molecule has 0 radical (unpaired) electrons. The number of nitrogens with one attached hydrogen (secondary N) is 2. The largest absolute Gasteiger partial charge is 0.465 e. The summed E-state index contributed by atoms with van der Waals surface area (Å²) >= 11 is 6.08. The highest BCUT2D eigenvalue weighted by molar-refractivity contribution is 6.31. The molecule has 2 aromatic carbocycles. The number of halogens is 1. The van der Waals surface area contributed by atoms with Gasteiger partial charge >= 0.3 is 5.97 Å². The van der Waals surface area contributed by atoms with Crippen LogP contribution >= 0.6 is 11.6 Å². The van der Waals surface area contributed by atoms with Crippen LogP contribution in [0.25, 0.3) is 0 Å². The Morgan fingerprint density at radius 2 is 1.86 bits per heavy atom. The Balaban J connectivity index is 1.72. The van der Waals surface area contributed by atoms with Crippen molar-refractivity contribution in [3.8, 4) is 0 Å². The van der Waals surface area contributed by atoms with Crippen molar-refractivity contribution in [3.63, 3.8) is 0 Å². The van der Waals surface area contributed by atoms with Gasteiger partial charge in [-0.15, -0.1) is 0 Å². The van der Waals surface area contributed by atoms with Crippen molar-refractivity contribution in [1.82, 2.24) is 4.98 Å². The van der Waals surface area contributed by atoms with Crippen molar-refractivity contribution in [3.05, 3.63) is 82.5 Å². The Hall–Kier alpha value is -3.38. The molecule has 28 heavy (non-hydrogen) atoms. The lowest BCUT2D eigenvalue weighted by molar-refractivity contribution is 0.0601. The number of pyridine rings is 1. The molecule has 0 atom stereocenters. The maximum atomic E-state index is 12.4. The third kappa shape index (κ3) is 4.47. The van der Waals surface area contributed by atoms with Crippen molar-refractivity contribution in [2.45, 2.75) is 6.92 Å². The number of esters is 1. The van der Waals surface area contributed by atoms with Crippen LogP contribution in [-0.2, 0) is 4.74 Å². The van der Waals surface area contributed by atoms with E-state index in [1.54, 1.807) is 48.5 Å². The van der Waals surface area contributed by atoms with Gasteiger partial charge in [-0.1, -0.05) is 29.8 Å². The molecule has 0 saturated carbocycles. The fourth-order valence-corrected chi connectivity index (χ4v) is 2.67. The Morgan fingerprint density at radius 1 is 1.07 bits per heavy atom. The summed E-state index contributed by atoms with van der Waals surface area (Å²) in [6.45, 7) is 1.89. The number of carbonyl (C=O) groups is 2. The zero-order chi connectivity index (χ0) is 20.1. The van der Waals surface area contributed by atoms with Gasteiger partial charge in [0.05, 0.1) is 23.9 Å². The van der Waals surface area contributed by atoms with Gasteiger partial charge in [0.25, 0.3) is 5.91 Å². The summed E-state index contributed by atoms with van der Waals surface area (Å²) < 4.78 is 4.78. The zero-order valence-electron chi connectivity index (χ0n) is 15.3. The van der Waals surface area contributed by atoms with Crippen LogP contribution in [0.15, 0.2) is 60.8 Å². The molecule has 3 aromatic rings. The number of anilines is 3. The van der Waals surface area contributed by atoms with E-state index < -0.39 is 5.97 Å². The van der Waals surface area contributed by atoms with Crippen molar-refractivity contribution in [2.24, 2.45) is 0 Å². The molecule has 0 spiro atoms. The van der Waals surface area contributed by atoms with Crippen LogP contribution in [0.4, 0.5) is 17.2 Å². The summed E-state index contributed by atoms with van der Waals surface area (Å²) in [7, 11) is 1.33. The number of carbonyl (C=O) groups excluding carboxylic acids is 2. The van der Waals surface area contributed by atoms with E-state index in [0.717, 1.165) is 5.56 Å². The Labute approximate surface area is 167 Å². The minimum atomic E-state index is -0.448. The molecule has 142 valence electrons. The number of amides is 1. The maximum Gasteiger partial charge on any atom is 0.339 e. The number of hydrogen-bond acceptors (Lipinski definition) is 5. The molecule has 0 saturated heterocycles. The number of hydrogen-bond donors (Lipinski definition) is 2. The topological polar surface area (TPSA) is 80.3 Å². The number of benzene rings is 2. The summed E-state index contributed by atoms with van der Waals surface area (Å²) in [5.74, 6) is -0.254. The Bertz CT molecular complexity index is 1020. The van der Waals surface area contributed by atoms with Gasteiger partial charge in [0.1, 0.15) is 5.82 Å². The van der Waals surface area contributed by atoms with E-state index in [1.165, 1.54) is 13.3 Å². The lowest BCUT2D eigenvalue weighted by Crippen LogP contribution is -2.12. The average molecular weight is 396 g/mol. The van der Waals surface area contributed by atoms with Gasteiger partial charge in [-0.25, -0.2) is 9.78 Å². The molecule has 0 aliphatic carbocycles. The van der Waals surface area contributed by atoms with Crippen LogP contribution in [0.3, 0.4) is 0 Å². The van der Waals surface area contributed by atoms with Gasteiger partial charge in [0.2, 0.25) is 0 Å². The first-order chi connectivity index (χ1) is 13.5. The molecule has 3 rings (SSSR count). The van der Waals surface area contributed by atoms with E-state index in [1.807, 2.05) is 13.0 Å². The first-order valence-corrected chi connectivity index (χ1v) is 8.83.